The molecule has 0 amide bonds. The van der Waals surface area contributed by atoms with Crippen LogP contribution in [-0.4, -0.2) is 23.5 Å². The summed E-state index contributed by atoms with van der Waals surface area (Å²) in [6.07, 6.45) is 5.99. The smallest absolute Gasteiger partial charge is 0.311 e. The van der Waals surface area contributed by atoms with Gasteiger partial charge < -0.3 is 9.47 Å². The largest absolute Gasteiger partial charge is 0.429 e. The van der Waals surface area contributed by atoms with E-state index in [1.165, 1.54) is 0 Å². The molecule has 0 saturated heterocycles. The van der Waals surface area contributed by atoms with Crippen molar-refractivity contribution >= 4 is 23.5 Å². The fourth-order valence-electron chi connectivity index (χ4n) is 5.00. The van der Waals surface area contributed by atoms with Gasteiger partial charge in [0.2, 0.25) is 0 Å². The Kier molecular flexibility index (Phi) is 15.7. The Morgan fingerprint density at radius 2 is 1.18 bits per heavy atom. The van der Waals surface area contributed by atoms with Crippen molar-refractivity contribution in [1.29, 1.82) is 0 Å². The lowest BCUT2D eigenvalue weighted by Crippen LogP contribution is -2.37. The number of rotatable bonds is 18. The van der Waals surface area contributed by atoms with E-state index >= 15 is 0 Å². The molecule has 0 N–H and O–H groups in total. The summed E-state index contributed by atoms with van der Waals surface area (Å²) < 4.78 is 11.9. The van der Waals surface area contributed by atoms with Crippen LogP contribution in [0.3, 0.4) is 0 Å². The van der Waals surface area contributed by atoms with Gasteiger partial charge in [0.15, 0.2) is 17.3 Å². The maximum Gasteiger partial charge on any atom is 0.311 e. The van der Waals surface area contributed by atoms with Crippen LogP contribution >= 0.6 is 0 Å². The Morgan fingerprint density at radius 3 is 1.60 bits per heavy atom. The lowest BCUT2D eigenvalue weighted by atomic mass is 9.71. The van der Waals surface area contributed by atoms with Crippen molar-refractivity contribution < 1.29 is 28.7 Å². The molecule has 0 aromatic carbocycles. The van der Waals surface area contributed by atoms with E-state index in [1.807, 2.05) is 13.8 Å². The van der Waals surface area contributed by atoms with Crippen LogP contribution in [0.15, 0.2) is 22.7 Å². The lowest BCUT2D eigenvalue weighted by Gasteiger charge is -2.35. The monoisotopic (exact) mass is 560 g/mol. The standard InChI is InChI=1S/C34H56O6/c1-11-13-27(35)39-33-26(20-17-23(7)8)32(38)29(25(18-15-21(3)4)19-16-22(5)6)34(40-28(36)14-12-2)30(33)31(37)24(9)10/h21-25,29H,11-20H2,1-10H3/t29-/m0/s1. The summed E-state index contributed by atoms with van der Waals surface area (Å²) in [5, 5.41) is 0. The van der Waals surface area contributed by atoms with E-state index in [1.54, 1.807) is 13.8 Å². The molecule has 228 valence electrons. The Bertz CT molecular complexity index is 922. The summed E-state index contributed by atoms with van der Waals surface area (Å²) in [7, 11) is 0. The molecular formula is C34H56O6. The molecule has 0 aromatic rings. The summed E-state index contributed by atoms with van der Waals surface area (Å²) in [4.78, 5) is 54.2. The first-order valence-electron chi connectivity index (χ1n) is 15.7. The molecule has 0 aromatic heterocycles. The summed E-state index contributed by atoms with van der Waals surface area (Å²) in [5.74, 6) is -1.40. The molecule has 1 aliphatic carbocycles. The third-order valence-corrected chi connectivity index (χ3v) is 7.40. The molecule has 0 radical (unpaired) electrons. The Balaban J connectivity index is 4.04. The maximum absolute atomic E-state index is 14.5. The zero-order valence-electron chi connectivity index (χ0n) is 27.0. The Morgan fingerprint density at radius 1 is 0.700 bits per heavy atom. The van der Waals surface area contributed by atoms with Crippen molar-refractivity contribution in [2.24, 2.45) is 35.5 Å². The number of Topliss-reactive ketones (excluding diaryl/α,β-unsaturated/α-hetero) is 2. The van der Waals surface area contributed by atoms with Crippen molar-refractivity contribution in [2.45, 2.75) is 133 Å². The first-order valence-corrected chi connectivity index (χ1v) is 15.7. The van der Waals surface area contributed by atoms with Gasteiger partial charge in [-0.1, -0.05) is 82.1 Å². The highest BCUT2D eigenvalue weighted by atomic mass is 16.6. The van der Waals surface area contributed by atoms with Gasteiger partial charge in [0.05, 0.1) is 5.92 Å². The molecular weight excluding hydrogens is 504 g/mol. The minimum Gasteiger partial charge on any atom is -0.429 e. The minimum atomic E-state index is -0.758. The van der Waals surface area contributed by atoms with Crippen molar-refractivity contribution in [3.8, 4) is 0 Å². The maximum atomic E-state index is 14.5. The molecule has 0 saturated carbocycles. The molecule has 6 nitrogen and oxygen atoms in total. The second-order valence-electron chi connectivity index (χ2n) is 13.0. The molecule has 1 atom stereocenters. The van der Waals surface area contributed by atoms with Crippen LogP contribution in [0.2, 0.25) is 0 Å². The number of ketones is 2. The fraction of sp³-hybridized carbons (Fsp3) is 0.765. The van der Waals surface area contributed by atoms with E-state index in [0.29, 0.717) is 49.0 Å². The highest BCUT2D eigenvalue weighted by Crippen LogP contribution is 2.44. The lowest BCUT2D eigenvalue weighted by molar-refractivity contribution is -0.142. The molecule has 0 fully saturated rings. The van der Waals surface area contributed by atoms with Crippen LogP contribution in [0.5, 0.6) is 0 Å². The summed E-state index contributed by atoms with van der Waals surface area (Å²) in [6.45, 7) is 20.1. The van der Waals surface area contributed by atoms with Crippen LogP contribution in [0, 0.1) is 35.5 Å². The van der Waals surface area contributed by atoms with Crippen LogP contribution in [0.4, 0.5) is 0 Å². The van der Waals surface area contributed by atoms with Crippen LogP contribution < -0.4 is 0 Å². The van der Waals surface area contributed by atoms with Crippen LogP contribution in [-0.2, 0) is 28.7 Å². The van der Waals surface area contributed by atoms with E-state index < -0.39 is 23.8 Å². The average molecular weight is 561 g/mol. The Hall–Kier alpha value is -2.24. The number of allylic oxidation sites excluding steroid dienone is 3. The Labute approximate surface area is 243 Å². The van der Waals surface area contributed by atoms with Gasteiger partial charge in [0.1, 0.15) is 11.3 Å². The number of carbonyl (C=O) groups excluding carboxylic acids is 4. The van der Waals surface area contributed by atoms with Gasteiger partial charge in [-0.05, 0) is 62.2 Å². The first kappa shape index (κ1) is 35.8. The number of hydrogen-bond donors (Lipinski definition) is 0. The van der Waals surface area contributed by atoms with Crippen molar-refractivity contribution in [3.63, 3.8) is 0 Å². The predicted molar refractivity (Wildman–Crippen MR) is 160 cm³/mol. The summed E-state index contributed by atoms with van der Waals surface area (Å²) >= 11 is 0. The van der Waals surface area contributed by atoms with Crippen LogP contribution in [0.25, 0.3) is 0 Å². The number of carbonyl (C=O) groups is 4. The molecule has 0 aliphatic heterocycles. The van der Waals surface area contributed by atoms with E-state index in [9.17, 15) is 19.2 Å². The SMILES string of the molecule is CCCC(=O)OC1=C(CCC(C)C)C(=O)[C@H](C(CCC(C)C)CCC(C)C)C(OC(=O)CCC)=C1C(=O)C(C)C. The van der Waals surface area contributed by atoms with Gasteiger partial charge >= 0.3 is 11.9 Å². The molecule has 1 aliphatic rings. The van der Waals surface area contributed by atoms with Crippen molar-refractivity contribution in [3.05, 3.63) is 22.7 Å². The molecule has 1 rings (SSSR count). The topological polar surface area (TPSA) is 86.7 Å². The second kappa shape index (κ2) is 17.5. The average Bonchev–Trinajstić information content (AvgIpc) is 2.84. The number of esters is 2. The van der Waals surface area contributed by atoms with Gasteiger partial charge in [0.25, 0.3) is 0 Å². The molecule has 0 bridgehead atoms. The zero-order chi connectivity index (χ0) is 30.6. The van der Waals surface area contributed by atoms with E-state index in [2.05, 4.69) is 41.5 Å². The quantitative estimate of drug-likeness (QED) is 0.156. The van der Waals surface area contributed by atoms with Crippen LogP contribution in [0.1, 0.15) is 133 Å². The highest BCUT2D eigenvalue weighted by molar-refractivity contribution is 6.10. The second-order valence-corrected chi connectivity index (χ2v) is 13.0. The predicted octanol–water partition coefficient (Wildman–Crippen LogP) is 8.53. The number of hydrogen-bond acceptors (Lipinski definition) is 6. The first-order chi connectivity index (χ1) is 18.7. The van der Waals surface area contributed by atoms with Gasteiger partial charge in [-0.15, -0.1) is 0 Å². The molecule has 0 heterocycles. The highest BCUT2D eigenvalue weighted by Gasteiger charge is 2.46. The molecule has 0 unspecified atom stereocenters. The van der Waals surface area contributed by atoms with Crippen molar-refractivity contribution in [1.82, 2.24) is 0 Å². The van der Waals surface area contributed by atoms with Gasteiger partial charge in [0, 0.05) is 24.3 Å². The molecule has 0 spiro atoms. The third kappa shape index (κ3) is 11.0. The molecule has 40 heavy (non-hydrogen) atoms. The normalized spacial score (nSPS) is 16.3. The molecule has 6 heteroatoms. The van der Waals surface area contributed by atoms with E-state index in [0.717, 1.165) is 25.7 Å². The summed E-state index contributed by atoms with van der Waals surface area (Å²) in [6, 6.07) is 0. The number of ether oxygens (including phenoxy) is 2. The zero-order valence-corrected chi connectivity index (χ0v) is 27.0. The van der Waals surface area contributed by atoms with Gasteiger partial charge in [-0.2, -0.15) is 0 Å². The van der Waals surface area contributed by atoms with Gasteiger partial charge in [-0.3, -0.25) is 19.2 Å². The summed E-state index contributed by atoms with van der Waals surface area (Å²) in [5.41, 5.74) is 0.507. The van der Waals surface area contributed by atoms with E-state index in [-0.39, 0.29) is 47.4 Å². The third-order valence-electron chi connectivity index (χ3n) is 7.40. The van der Waals surface area contributed by atoms with E-state index in [4.69, 9.17) is 9.47 Å². The van der Waals surface area contributed by atoms with Gasteiger partial charge in [-0.25, -0.2) is 0 Å². The minimum absolute atomic E-state index is 0.0183. The fourth-order valence-corrected chi connectivity index (χ4v) is 5.00. The van der Waals surface area contributed by atoms with Crippen molar-refractivity contribution in [2.75, 3.05) is 0 Å².